The van der Waals surface area contributed by atoms with E-state index < -0.39 is 11.7 Å². The number of carbonyl (C=O) groups is 1. The van der Waals surface area contributed by atoms with Crippen molar-refractivity contribution in [2.45, 2.75) is 25.6 Å². The van der Waals surface area contributed by atoms with Gasteiger partial charge in [0.05, 0.1) is 22.2 Å². The lowest BCUT2D eigenvalue weighted by Crippen LogP contribution is -2.40. The smallest absolute Gasteiger partial charge is 0.324 e. The first-order valence-electron chi connectivity index (χ1n) is 8.87. The second-order valence-corrected chi connectivity index (χ2v) is 7.73. The summed E-state index contributed by atoms with van der Waals surface area (Å²) in [5, 5.41) is 3.31. The zero-order valence-corrected chi connectivity index (χ0v) is 16.4. The molecule has 1 unspecified atom stereocenters. The minimum absolute atomic E-state index is 0.0173. The second-order valence-electron chi connectivity index (χ2n) is 6.88. The molecular formula is C20H19Cl2F3N2O. The van der Waals surface area contributed by atoms with Gasteiger partial charge in [0.2, 0.25) is 5.91 Å². The van der Waals surface area contributed by atoms with Crippen LogP contribution < -0.4 is 5.32 Å². The summed E-state index contributed by atoms with van der Waals surface area (Å²) in [6, 6.07) is 10.4. The maximum absolute atomic E-state index is 12.9. The molecule has 1 aliphatic rings. The van der Waals surface area contributed by atoms with Gasteiger partial charge in [-0.25, -0.2) is 0 Å². The maximum atomic E-state index is 12.9. The molecule has 1 amide bonds. The monoisotopic (exact) mass is 430 g/mol. The number of amides is 1. The number of anilines is 1. The van der Waals surface area contributed by atoms with Crippen molar-refractivity contribution >= 4 is 34.8 Å². The number of halogens is 5. The van der Waals surface area contributed by atoms with Crippen molar-refractivity contribution in [2.24, 2.45) is 5.92 Å². The zero-order chi connectivity index (χ0) is 20.3. The first kappa shape index (κ1) is 21.0. The van der Waals surface area contributed by atoms with Gasteiger partial charge in [0, 0.05) is 18.1 Å². The van der Waals surface area contributed by atoms with Crippen molar-refractivity contribution < 1.29 is 18.0 Å². The third-order valence-electron chi connectivity index (χ3n) is 4.75. The number of carbonyl (C=O) groups excluding carboxylic acids is 1. The van der Waals surface area contributed by atoms with Crippen molar-refractivity contribution in [3.05, 3.63) is 63.6 Å². The van der Waals surface area contributed by atoms with Crippen molar-refractivity contribution in [2.75, 3.05) is 18.4 Å². The molecule has 8 heteroatoms. The second kappa shape index (κ2) is 8.72. The summed E-state index contributed by atoms with van der Waals surface area (Å²) in [5.41, 5.74) is 0.225. The normalized spacial score (nSPS) is 18.1. The van der Waals surface area contributed by atoms with Gasteiger partial charge in [-0.1, -0.05) is 35.3 Å². The van der Waals surface area contributed by atoms with Gasteiger partial charge in [-0.05, 0) is 55.3 Å². The lowest BCUT2D eigenvalue weighted by Gasteiger charge is -2.32. The SMILES string of the molecule is O=C(Nc1cc(C(F)(F)F)ccc1Cl)C1CCCN(Cc2ccc(Cl)cc2)C1. The van der Waals surface area contributed by atoms with E-state index >= 15 is 0 Å². The van der Waals surface area contributed by atoms with Gasteiger partial charge in [-0.3, -0.25) is 9.69 Å². The Morgan fingerprint density at radius 3 is 2.54 bits per heavy atom. The molecule has 1 heterocycles. The number of nitrogens with one attached hydrogen (secondary N) is 1. The molecular weight excluding hydrogens is 412 g/mol. The fraction of sp³-hybridized carbons (Fsp3) is 0.350. The van der Waals surface area contributed by atoms with Crippen LogP contribution in [0, 0.1) is 5.92 Å². The number of nitrogens with zero attached hydrogens (tertiary/aromatic N) is 1. The number of likely N-dealkylation sites (tertiary alicyclic amines) is 1. The molecule has 1 saturated heterocycles. The lowest BCUT2D eigenvalue weighted by molar-refractivity contribution is -0.137. The summed E-state index contributed by atoms with van der Waals surface area (Å²) in [5.74, 6) is -0.631. The minimum atomic E-state index is -4.50. The molecule has 1 aliphatic heterocycles. The number of rotatable bonds is 4. The number of alkyl halides is 3. The van der Waals surface area contributed by atoms with Crippen LogP contribution in [0.15, 0.2) is 42.5 Å². The van der Waals surface area contributed by atoms with E-state index in [0.717, 1.165) is 36.7 Å². The molecule has 0 aromatic heterocycles. The van der Waals surface area contributed by atoms with E-state index in [1.165, 1.54) is 0 Å². The van der Waals surface area contributed by atoms with Gasteiger partial charge >= 0.3 is 6.18 Å². The van der Waals surface area contributed by atoms with Gasteiger partial charge in [0.25, 0.3) is 0 Å². The fourth-order valence-electron chi connectivity index (χ4n) is 3.29. The van der Waals surface area contributed by atoms with Crippen LogP contribution in [0.3, 0.4) is 0 Å². The Bertz CT molecular complexity index is 840. The quantitative estimate of drug-likeness (QED) is 0.658. The molecule has 2 aromatic carbocycles. The van der Waals surface area contributed by atoms with E-state index in [4.69, 9.17) is 23.2 Å². The standard InChI is InChI=1S/C20H19Cl2F3N2O/c21-16-6-3-13(4-7-16)11-27-9-1-2-14(12-27)19(28)26-18-10-15(20(23,24)25)5-8-17(18)22/h3-8,10,14H,1-2,9,11-12H2,(H,26,28). The molecule has 1 N–H and O–H groups in total. The number of benzene rings is 2. The highest BCUT2D eigenvalue weighted by molar-refractivity contribution is 6.33. The van der Waals surface area contributed by atoms with Crippen LogP contribution in [0.4, 0.5) is 18.9 Å². The van der Waals surface area contributed by atoms with Gasteiger partial charge in [0.1, 0.15) is 0 Å². The zero-order valence-electron chi connectivity index (χ0n) is 14.9. The molecule has 0 saturated carbocycles. The minimum Gasteiger partial charge on any atom is -0.324 e. The fourth-order valence-corrected chi connectivity index (χ4v) is 3.58. The van der Waals surface area contributed by atoms with E-state index in [-0.39, 0.29) is 22.5 Å². The first-order chi connectivity index (χ1) is 13.2. The molecule has 0 radical (unpaired) electrons. The molecule has 3 rings (SSSR count). The molecule has 3 nitrogen and oxygen atoms in total. The molecule has 0 aliphatic carbocycles. The van der Waals surface area contributed by atoms with E-state index in [1.54, 1.807) is 0 Å². The first-order valence-corrected chi connectivity index (χ1v) is 9.62. The number of hydrogen-bond donors (Lipinski definition) is 1. The average molecular weight is 431 g/mol. The summed E-state index contributed by atoms with van der Waals surface area (Å²) in [7, 11) is 0. The Kier molecular flexibility index (Phi) is 6.53. The van der Waals surface area contributed by atoms with Crippen LogP contribution in [0.1, 0.15) is 24.0 Å². The van der Waals surface area contributed by atoms with E-state index in [1.807, 2.05) is 24.3 Å². The Balaban J connectivity index is 1.65. The predicted octanol–water partition coefficient (Wildman–Crippen LogP) is 5.86. The third kappa shape index (κ3) is 5.40. The number of piperidine rings is 1. The van der Waals surface area contributed by atoms with Gasteiger partial charge < -0.3 is 5.32 Å². The molecule has 28 heavy (non-hydrogen) atoms. The van der Waals surface area contributed by atoms with Crippen LogP contribution in [-0.4, -0.2) is 23.9 Å². The molecule has 1 fully saturated rings. The average Bonchev–Trinajstić information content (AvgIpc) is 2.64. The van der Waals surface area contributed by atoms with Crippen LogP contribution in [0.5, 0.6) is 0 Å². The van der Waals surface area contributed by atoms with Gasteiger partial charge in [0.15, 0.2) is 0 Å². The van der Waals surface area contributed by atoms with Gasteiger partial charge in [-0.15, -0.1) is 0 Å². The summed E-state index contributed by atoms with van der Waals surface area (Å²) in [6.45, 7) is 2.08. The van der Waals surface area contributed by atoms with Crippen LogP contribution >= 0.6 is 23.2 Å². The third-order valence-corrected chi connectivity index (χ3v) is 5.33. The molecule has 150 valence electrons. The van der Waals surface area contributed by atoms with E-state index in [0.29, 0.717) is 24.5 Å². The van der Waals surface area contributed by atoms with Crippen LogP contribution in [0.2, 0.25) is 10.0 Å². The Morgan fingerprint density at radius 1 is 1.14 bits per heavy atom. The maximum Gasteiger partial charge on any atom is 0.416 e. The summed E-state index contributed by atoms with van der Waals surface area (Å²) < 4.78 is 38.7. The lowest BCUT2D eigenvalue weighted by atomic mass is 9.96. The Morgan fingerprint density at radius 2 is 1.86 bits per heavy atom. The Hall–Kier alpha value is -1.76. The Labute approximate surface area is 171 Å². The molecule has 0 spiro atoms. The molecule has 0 bridgehead atoms. The summed E-state index contributed by atoms with van der Waals surface area (Å²) in [4.78, 5) is 14.8. The highest BCUT2D eigenvalue weighted by Crippen LogP contribution is 2.34. The van der Waals surface area contributed by atoms with Crippen LogP contribution in [0.25, 0.3) is 0 Å². The summed E-state index contributed by atoms with van der Waals surface area (Å²) >= 11 is 11.9. The van der Waals surface area contributed by atoms with Crippen molar-refractivity contribution in [1.29, 1.82) is 0 Å². The van der Waals surface area contributed by atoms with Gasteiger partial charge in [-0.2, -0.15) is 13.2 Å². The van der Waals surface area contributed by atoms with Crippen molar-refractivity contribution in [1.82, 2.24) is 4.90 Å². The predicted molar refractivity (Wildman–Crippen MR) is 105 cm³/mol. The van der Waals surface area contributed by atoms with Crippen molar-refractivity contribution in [3.8, 4) is 0 Å². The van der Waals surface area contributed by atoms with Crippen molar-refractivity contribution in [3.63, 3.8) is 0 Å². The summed E-state index contributed by atoms with van der Waals surface area (Å²) in [6.07, 6.45) is -2.98. The highest BCUT2D eigenvalue weighted by Gasteiger charge is 2.32. The largest absolute Gasteiger partial charge is 0.416 e. The van der Waals surface area contributed by atoms with E-state index in [2.05, 4.69) is 10.2 Å². The van der Waals surface area contributed by atoms with Crippen LogP contribution in [-0.2, 0) is 17.5 Å². The van der Waals surface area contributed by atoms with E-state index in [9.17, 15) is 18.0 Å². The molecule has 2 aromatic rings. The number of hydrogen-bond acceptors (Lipinski definition) is 2. The highest BCUT2D eigenvalue weighted by atomic mass is 35.5. The topological polar surface area (TPSA) is 32.3 Å². The molecule has 1 atom stereocenters.